The van der Waals surface area contributed by atoms with Crippen molar-refractivity contribution in [1.29, 1.82) is 0 Å². The van der Waals surface area contributed by atoms with Crippen molar-refractivity contribution in [2.24, 2.45) is 0 Å². The number of hydrogen-bond donors (Lipinski definition) is 0. The zero-order valence-corrected chi connectivity index (χ0v) is 9.94. The second kappa shape index (κ2) is 4.76. The molecule has 4 nitrogen and oxygen atoms in total. The van der Waals surface area contributed by atoms with Crippen molar-refractivity contribution < 1.29 is 16.1 Å². The standard InChI is InChI=1S/C7H14GeO4/c1-6(2)7(9)8(10-3,11-4)12-5/h1H2,2-5H3. The van der Waals surface area contributed by atoms with Gasteiger partial charge in [-0.15, -0.1) is 0 Å². The van der Waals surface area contributed by atoms with Gasteiger partial charge in [-0.25, -0.2) is 0 Å². The molecule has 0 unspecified atom stereocenters. The molecule has 0 saturated heterocycles. The molecule has 0 aromatic rings. The van der Waals surface area contributed by atoms with Crippen LogP contribution in [0.2, 0.25) is 0 Å². The molecule has 0 N–H and O–H groups in total. The molecule has 0 saturated carbocycles. The summed E-state index contributed by atoms with van der Waals surface area (Å²) in [5.41, 5.74) is 0.403. The van der Waals surface area contributed by atoms with Crippen LogP contribution in [-0.2, 0) is 16.1 Å². The summed E-state index contributed by atoms with van der Waals surface area (Å²) in [6.45, 7) is 5.13. The quantitative estimate of drug-likeness (QED) is 0.515. The monoisotopic (exact) mass is 236 g/mol. The summed E-state index contributed by atoms with van der Waals surface area (Å²) >= 11 is -3.64. The molecule has 0 aromatic heterocycles. The van der Waals surface area contributed by atoms with E-state index >= 15 is 0 Å². The number of carbonyl (C=O) groups is 1. The first-order chi connectivity index (χ1) is 5.54. The fraction of sp³-hybridized carbons (Fsp3) is 0.571. The Hall–Kier alpha value is -0.167. The van der Waals surface area contributed by atoms with Crippen LogP contribution in [0.1, 0.15) is 6.92 Å². The van der Waals surface area contributed by atoms with Gasteiger partial charge in [0.2, 0.25) is 0 Å². The first-order valence-corrected chi connectivity index (χ1v) is 7.01. The molecule has 0 spiro atoms. The van der Waals surface area contributed by atoms with Gasteiger partial charge in [-0.3, -0.25) is 0 Å². The van der Waals surface area contributed by atoms with Crippen molar-refractivity contribution >= 4 is 18.9 Å². The summed E-state index contributed by atoms with van der Waals surface area (Å²) in [6.07, 6.45) is 0. The SMILES string of the molecule is C=C(C)[C](=O)[Ge]([O]C)([O]C)[O]C. The average molecular weight is 235 g/mol. The maximum atomic E-state index is 11.5. The molecule has 0 amide bonds. The molecule has 0 rings (SSSR count). The normalized spacial score (nSPS) is 11.3. The Bertz CT molecular complexity index is 178. The van der Waals surface area contributed by atoms with Gasteiger partial charge < -0.3 is 0 Å². The van der Waals surface area contributed by atoms with Gasteiger partial charge in [-0.05, 0) is 0 Å². The van der Waals surface area contributed by atoms with Crippen molar-refractivity contribution in [3.63, 3.8) is 0 Å². The summed E-state index contributed by atoms with van der Waals surface area (Å²) < 4.78 is 14.7. The van der Waals surface area contributed by atoms with E-state index in [0.717, 1.165) is 0 Å². The zero-order valence-electron chi connectivity index (χ0n) is 7.84. The summed E-state index contributed by atoms with van der Waals surface area (Å²) in [5.74, 6) is 0. The molecule has 0 fully saturated rings. The molecular formula is C7H14GeO4. The number of hydrogen-bond acceptors (Lipinski definition) is 4. The summed E-state index contributed by atoms with van der Waals surface area (Å²) in [4.78, 5) is 11.5. The van der Waals surface area contributed by atoms with Crippen molar-refractivity contribution in [1.82, 2.24) is 0 Å². The number of rotatable bonds is 5. The molecular weight excluding hydrogens is 221 g/mol. The van der Waals surface area contributed by atoms with Crippen LogP contribution in [-0.4, -0.2) is 40.2 Å². The summed E-state index contributed by atoms with van der Waals surface area (Å²) in [7, 11) is 4.23. The van der Waals surface area contributed by atoms with Crippen molar-refractivity contribution in [2.45, 2.75) is 6.92 Å². The minimum absolute atomic E-state index is 0.234. The van der Waals surface area contributed by atoms with E-state index in [-0.39, 0.29) is 4.62 Å². The van der Waals surface area contributed by atoms with Crippen molar-refractivity contribution in [2.75, 3.05) is 21.3 Å². The van der Waals surface area contributed by atoms with Crippen molar-refractivity contribution in [3.8, 4) is 0 Å². The van der Waals surface area contributed by atoms with E-state index < -0.39 is 14.3 Å². The Morgan fingerprint density at radius 1 is 1.17 bits per heavy atom. The van der Waals surface area contributed by atoms with E-state index in [1.54, 1.807) is 6.92 Å². The van der Waals surface area contributed by atoms with Gasteiger partial charge in [0.25, 0.3) is 0 Å². The third-order valence-corrected chi connectivity index (χ3v) is 6.92. The number of allylic oxidation sites excluding steroid dienone is 1. The fourth-order valence-electron chi connectivity index (χ4n) is 0.789. The Labute approximate surface area is 75.9 Å². The third-order valence-electron chi connectivity index (χ3n) is 1.47. The van der Waals surface area contributed by atoms with Crippen LogP contribution in [0.5, 0.6) is 0 Å². The topological polar surface area (TPSA) is 44.8 Å². The van der Waals surface area contributed by atoms with Gasteiger partial charge in [0.1, 0.15) is 0 Å². The predicted octanol–water partition coefficient (Wildman–Crippen LogP) is 0.549. The Kier molecular flexibility index (Phi) is 4.69. The summed E-state index contributed by atoms with van der Waals surface area (Å²) in [5, 5.41) is 0. The van der Waals surface area contributed by atoms with E-state index in [1.807, 2.05) is 0 Å². The second-order valence-electron chi connectivity index (χ2n) is 2.28. The third kappa shape index (κ3) is 2.16. The van der Waals surface area contributed by atoms with Crippen LogP contribution in [0, 0.1) is 0 Å². The number of carbonyl (C=O) groups excluding carboxylic acids is 1. The molecule has 0 aromatic carbocycles. The Balaban J connectivity index is 4.71. The molecule has 12 heavy (non-hydrogen) atoms. The summed E-state index contributed by atoms with van der Waals surface area (Å²) in [6, 6.07) is 0. The fourth-order valence-corrected chi connectivity index (χ4v) is 4.10. The Morgan fingerprint density at radius 2 is 1.50 bits per heavy atom. The van der Waals surface area contributed by atoms with E-state index in [4.69, 9.17) is 11.3 Å². The predicted molar refractivity (Wildman–Crippen MR) is 46.6 cm³/mol. The molecule has 0 radical (unpaired) electrons. The van der Waals surface area contributed by atoms with E-state index in [1.165, 1.54) is 21.3 Å². The van der Waals surface area contributed by atoms with E-state index in [9.17, 15) is 4.79 Å². The van der Waals surface area contributed by atoms with Gasteiger partial charge >= 0.3 is 75.4 Å². The van der Waals surface area contributed by atoms with Crippen LogP contribution in [0.25, 0.3) is 0 Å². The van der Waals surface area contributed by atoms with Crippen LogP contribution in [0.3, 0.4) is 0 Å². The molecule has 0 aliphatic heterocycles. The van der Waals surface area contributed by atoms with Gasteiger partial charge in [0.05, 0.1) is 0 Å². The zero-order chi connectivity index (χ0) is 9.78. The molecule has 0 aliphatic rings. The van der Waals surface area contributed by atoms with E-state index in [0.29, 0.717) is 5.57 Å². The first-order valence-electron chi connectivity index (χ1n) is 3.39. The Morgan fingerprint density at radius 3 is 1.58 bits per heavy atom. The molecule has 0 bridgehead atoms. The molecule has 0 aliphatic carbocycles. The minimum atomic E-state index is -3.64. The molecule has 0 heterocycles. The van der Waals surface area contributed by atoms with Gasteiger partial charge in [-0.2, -0.15) is 0 Å². The van der Waals surface area contributed by atoms with Gasteiger partial charge in [0.15, 0.2) is 0 Å². The van der Waals surface area contributed by atoms with Crippen molar-refractivity contribution in [3.05, 3.63) is 12.2 Å². The second-order valence-corrected chi connectivity index (χ2v) is 8.13. The van der Waals surface area contributed by atoms with Gasteiger partial charge in [-0.1, -0.05) is 0 Å². The van der Waals surface area contributed by atoms with Crippen LogP contribution in [0.15, 0.2) is 12.2 Å². The van der Waals surface area contributed by atoms with Crippen LogP contribution >= 0.6 is 0 Å². The molecule has 70 valence electrons. The molecule has 0 atom stereocenters. The van der Waals surface area contributed by atoms with E-state index in [2.05, 4.69) is 6.58 Å². The van der Waals surface area contributed by atoms with Crippen LogP contribution in [0.4, 0.5) is 0 Å². The van der Waals surface area contributed by atoms with Crippen LogP contribution < -0.4 is 0 Å². The maximum absolute atomic E-state index is 11.5. The molecule has 5 heteroatoms. The van der Waals surface area contributed by atoms with Gasteiger partial charge in [0, 0.05) is 0 Å². The average Bonchev–Trinajstić information content (AvgIpc) is 2.08. The first kappa shape index (κ1) is 11.8.